The Morgan fingerprint density at radius 2 is 0.616 bits per heavy atom. The lowest BCUT2D eigenvalue weighted by molar-refractivity contribution is 0.0860. The second kappa shape index (κ2) is 36.5. The van der Waals surface area contributed by atoms with Crippen molar-refractivity contribution in [3.63, 3.8) is 0 Å². The van der Waals surface area contributed by atoms with Crippen LogP contribution in [0.5, 0.6) is 5.75 Å². The number of benzene rings is 8. The molecule has 24 rings (SSSR count). The van der Waals surface area contributed by atoms with Crippen molar-refractivity contribution in [3.05, 3.63) is 430 Å². The Labute approximate surface area is 751 Å². The Morgan fingerprint density at radius 3 is 1.10 bits per heavy atom. The predicted octanol–water partition coefficient (Wildman–Crippen LogP) is 29.4. The van der Waals surface area contributed by atoms with Gasteiger partial charge in [0.05, 0.1) is 19.3 Å². The fourth-order valence-electron chi connectivity index (χ4n) is 30.4. The molecule has 16 aliphatic rings. The van der Waals surface area contributed by atoms with Crippen LogP contribution >= 0.6 is 0 Å². The number of hydrogen-bond donors (Lipinski definition) is 0. The molecule has 1 heterocycles. The summed E-state index contributed by atoms with van der Waals surface area (Å²) >= 11 is 0. The van der Waals surface area contributed by atoms with Gasteiger partial charge < -0.3 is 9.47 Å². The second-order valence-electron chi connectivity index (χ2n) is 40.6. The molecule has 1 saturated heterocycles. The topological polar surface area (TPSA) is 18.5 Å². The fourth-order valence-corrected chi connectivity index (χ4v) is 30.4. The van der Waals surface area contributed by atoms with Gasteiger partial charge in [-0.15, -0.1) is 92.1 Å². The molecule has 0 spiro atoms. The van der Waals surface area contributed by atoms with Gasteiger partial charge in [0.25, 0.3) is 0 Å². The first-order valence-corrected chi connectivity index (χ1v) is 48.1. The molecule has 8 aromatic rings. The zero-order valence-electron chi connectivity index (χ0n) is 75.3. The van der Waals surface area contributed by atoms with Crippen molar-refractivity contribution in [2.45, 2.75) is 157 Å². The van der Waals surface area contributed by atoms with Crippen LogP contribution in [0.15, 0.2) is 341 Å². The average molecular weight is 1650 g/mol. The van der Waals surface area contributed by atoms with E-state index in [4.69, 9.17) is 9.47 Å². The van der Waals surface area contributed by atoms with E-state index < -0.39 is 0 Å². The normalized spacial score (nSPS) is 36.2. The largest absolute Gasteiger partial charge is 0.497 e. The Bertz CT molecular complexity index is 5380. The third kappa shape index (κ3) is 15.1. The number of ether oxygens (including phenoxy) is 2. The van der Waals surface area contributed by atoms with Gasteiger partial charge in [0.15, 0.2) is 0 Å². The minimum atomic E-state index is 0.150. The first-order chi connectivity index (χ1) is 61.1. The van der Waals surface area contributed by atoms with Crippen LogP contribution in [0.3, 0.4) is 0 Å². The summed E-state index contributed by atoms with van der Waals surface area (Å²) in [7, 11) is 1.74. The number of allylic oxidation sites excluding steroid dienone is 12. The maximum Gasteiger partial charge on any atom is 0.119 e. The summed E-state index contributed by atoms with van der Waals surface area (Å²) in [6.07, 6.45) is 47.9. The summed E-state index contributed by atoms with van der Waals surface area (Å²) in [5.74, 6) is 22.6. The third-order valence-electron chi connectivity index (χ3n) is 35.7. The zero-order chi connectivity index (χ0) is 86.7. The van der Waals surface area contributed by atoms with Crippen molar-refractivity contribution in [1.82, 2.24) is 0 Å². The molecule has 8 saturated carbocycles. The van der Waals surface area contributed by atoms with Crippen LogP contribution in [0.4, 0.5) is 0 Å². The van der Waals surface area contributed by atoms with E-state index in [0.29, 0.717) is 107 Å². The van der Waals surface area contributed by atoms with Crippen LogP contribution in [0.1, 0.15) is 175 Å². The molecule has 642 valence electrons. The summed E-state index contributed by atoms with van der Waals surface area (Å²) in [5.41, 5.74) is 24.7. The average Bonchev–Trinajstić information content (AvgIpc) is 1.52. The molecule has 32 unspecified atom stereocenters. The van der Waals surface area contributed by atoms with Gasteiger partial charge in [-0.3, -0.25) is 0 Å². The molecule has 9 fully saturated rings. The van der Waals surface area contributed by atoms with E-state index in [1.165, 1.54) is 128 Å². The highest BCUT2D eigenvalue weighted by atomic mass is 16.5. The molecule has 32 atom stereocenters. The van der Waals surface area contributed by atoms with E-state index in [1.807, 2.05) is 12.2 Å². The maximum absolute atomic E-state index is 5.95. The van der Waals surface area contributed by atoms with Crippen molar-refractivity contribution < 1.29 is 9.47 Å². The second-order valence-corrected chi connectivity index (χ2v) is 40.6. The van der Waals surface area contributed by atoms with Crippen molar-refractivity contribution in [1.29, 1.82) is 0 Å². The van der Waals surface area contributed by atoms with E-state index in [9.17, 15) is 0 Å². The van der Waals surface area contributed by atoms with Gasteiger partial charge in [-0.05, 0) is 376 Å². The molecular weight excluding hydrogens is 1510 g/mol. The highest BCUT2D eigenvalue weighted by Crippen LogP contribution is 2.72. The molecule has 0 aromatic heterocycles. The number of hydrogen-bond acceptors (Lipinski definition) is 2. The molecule has 0 radical (unpaired) electrons. The van der Waals surface area contributed by atoms with E-state index in [2.05, 4.69) is 343 Å². The minimum absolute atomic E-state index is 0.150. The first kappa shape index (κ1) is 85.9. The minimum Gasteiger partial charge on any atom is -0.497 e. The number of fused-ring (bicyclic) bond motifs is 29. The Balaban J connectivity index is 0.0000000993. The van der Waals surface area contributed by atoms with Crippen molar-refractivity contribution >= 4 is 10.8 Å². The van der Waals surface area contributed by atoms with Crippen molar-refractivity contribution in [3.8, 4) is 5.75 Å². The molecule has 0 amide bonds. The number of aryl methyl sites for hydroxylation is 2. The smallest absolute Gasteiger partial charge is 0.119 e. The lowest BCUT2D eigenvalue weighted by Gasteiger charge is -2.38. The van der Waals surface area contributed by atoms with Gasteiger partial charge in [0.1, 0.15) is 5.75 Å². The Hall–Kier alpha value is -9.86. The lowest BCUT2D eigenvalue weighted by atomic mass is 9.66. The van der Waals surface area contributed by atoms with Crippen LogP contribution in [0.25, 0.3) is 10.8 Å². The van der Waals surface area contributed by atoms with Gasteiger partial charge in [-0.2, -0.15) is 0 Å². The summed E-state index contributed by atoms with van der Waals surface area (Å²) in [4.78, 5) is 0. The van der Waals surface area contributed by atoms with E-state index in [1.54, 1.807) is 62.7 Å². The van der Waals surface area contributed by atoms with Crippen LogP contribution in [0.2, 0.25) is 0 Å². The van der Waals surface area contributed by atoms with Gasteiger partial charge in [-0.1, -0.05) is 242 Å². The zero-order valence-corrected chi connectivity index (χ0v) is 75.3. The molecule has 0 N–H and O–H groups in total. The summed E-state index contributed by atoms with van der Waals surface area (Å²) in [6, 6.07) is 60.7. The van der Waals surface area contributed by atoms with Gasteiger partial charge >= 0.3 is 0 Å². The Morgan fingerprint density at radius 1 is 0.256 bits per heavy atom. The van der Waals surface area contributed by atoms with Crippen LogP contribution in [0, 0.1) is 150 Å². The van der Waals surface area contributed by atoms with Crippen LogP contribution in [-0.4, -0.2) is 19.3 Å². The molecule has 8 aromatic carbocycles. The first-order valence-electron chi connectivity index (χ1n) is 48.1. The summed E-state index contributed by atoms with van der Waals surface area (Å²) < 4.78 is 11.3. The van der Waals surface area contributed by atoms with Crippen molar-refractivity contribution in [2.75, 3.05) is 7.11 Å². The van der Waals surface area contributed by atoms with E-state index >= 15 is 0 Å². The predicted molar refractivity (Wildman–Crippen MR) is 528 cm³/mol. The lowest BCUT2D eigenvalue weighted by Crippen LogP contribution is -2.33. The summed E-state index contributed by atoms with van der Waals surface area (Å²) in [6.45, 7) is 60.8. The number of methoxy groups -OCH3 is 1. The highest BCUT2D eigenvalue weighted by molar-refractivity contribution is 5.85. The molecule has 2 heteroatoms. The van der Waals surface area contributed by atoms with Crippen LogP contribution < -0.4 is 4.74 Å². The van der Waals surface area contributed by atoms with Crippen LogP contribution in [-0.2, 0) is 49.7 Å². The highest BCUT2D eigenvalue weighted by Gasteiger charge is 2.65. The van der Waals surface area contributed by atoms with Gasteiger partial charge in [-0.25, -0.2) is 0 Å². The van der Waals surface area contributed by atoms with Crippen molar-refractivity contribution in [2.24, 2.45) is 136 Å². The SMILES string of the molecule is C=CC1CC(C=C)C2C3CC(C4Cc5ccccc5C43)C12.C=CC1CC(C=C)C2c3cc(C)ccc3CC12.C=CC1CC(C=C)C2c3cc(OC)ccc3CC12.C=CC1CC(C=C)C2c3cc4ccccc4cc3CC12.C=CC1CC(C=C)C2c3cccc(C)c3CC12.C=CC1CC(C=C)C2c3ccccc3CC12.C=CC1OC(C=C)C2c3ccccc3CC12. The molecular formula is C123H138O2. The maximum atomic E-state index is 5.95. The third-order valence-corrected chi connectivity index (χ3v) is 35.7. The monoisotopic (exact) mass is 1650 g/mol. The molecule has 1 aliphatic heterocycles. The van der Waals surface area contributed by atoms with E-state index in [0.717, 1.165) is 83.2 Å². The standard InChI is InChI=1S/C21H24.C20H20.C17H20O.2C17H20.C16H18.C15H16O/c1-3-12-9-13(4-2)20-18-11-17(19(12)20)16-10-14-7-5-6-8-15(14)21(16)18;1-3-13-9-14(4-2)20-18(13)12-17-10-15-7-5-6-8-16(15)11-19(17)20;1-4-11-8-12(5-2)17-15(11)9-13-6-7-14(18-3)10-16(13)17;1-4-12-9-13(5-2)17-15-8-11(3)6-7-14(15)10-16(12)17;1-4-12-9-13(5-2)17-14-8-6-7-11(3)15(14)10-16(12)17;1-3-11-9-12(4-2)16-14-8-6-5-7-13(14)10-15(11)16;1-3-13-12-9-10-7-5-6-8-11(10)15(12)14(4-2)16-13/h3-8,12-13,16-21H,1-2,9-11H2;3-8,10-11,13-14,18,20H,1-2,9,12H2;4-7,10-12,15,17H,1-2,8-9H2,3H3;2*4-8,12-13,16-17H,1-2,9-10H2,3H3;3-8,11-12,15-16H,1-2,9-10H2;3-8,12-15H,1-2,9H2. The number of rotatable bonds is 15. The van der Waals surface area contributed by atoms with Gasteiger partial charge in [0, 0.05) is 11.8 Å². The Kier molecular flexibility index (Phi) is 25.1. The quantitative estimate of drug-likeness (QED) is 0.0953. The van der Waals surface area contributed by atoms with Gasteiger partial charge in [0.2, 0.25) is 0 Å². The molecule has 2 bridgehead atoms. The van der Waals surface area contributed by atoms with E-state index in [-0.39, 0.29) is 12.2 Å². The molecule has 2 nitrogen and oxygen atoms in total. The molecule has 15 aliphatic carbocycles. The fraction of sp³-hybridized carbons (Fsp3) is 0.398. The molecule has 125 heavy (non-hydrogen) atoms. The summed E-state index contributed by atoms with van der Waals surface area (Å²) in [5, 5.41) is 2.74.